The molecule has 0 saturated carbocycles. The van der Waals surface area contributed by atoms with Crippen LogP contribution in [0.25, 0.3) is 0 Å². The summed E-state index contributed by atoms with van der Waals surface area (Å²) in [5, 5.41) is 0. The van der Waals surface area contributed by atoms with Gasteiger partial charge in [-0.3, -0.25) is 4.79 Å². The number of hydrogen-bond donors (Lipinski definition) is 0. The smallest absolute Gasteiger partial charge is 0.254 e. The largest absolute Gasteiger partial charge is 0.485 e. The first-order valence-corrected chi connectivity index (χ1v) is 10.5. The molecule has 2 aliphatic heterocycles. The average Bonchev–Trinajstić information content (AvgIpc) is 2.86. The summed E-state index contributed by atoms with van der Waals surface area (Å²) in [5.74, 6) is 1.14. The van der Waals surface area contributed by atoms with Crippen molar-refractivity contribution in [2.45, 2.75) is 45.1 Å². The molecule has 148 valence electrons. The summed E-state index contributed by atoms with van der Waals surface area (Å²) in [6.07, 6.45) is 3.91. The van der Waals surface area contributed by atoms with Gasteiger partial charge in [-0.25, -0.2) is 0 Å². The van der Waals surface area contributed by atoms with Crippen molar-refractivity contribution in [3.63, 3.8) is 0 Å². The van der Waals surface area contributed by atoms with E-state index in [0.29, 0.717) is 0 Å². The molecule has 1 saturated heterocycles. The number of hydrogen-bond acceptors (Lipinski definition) is 3. The first-order valence-electron chi connectivity index (χ1n) is 10.5. The third-order valence-electron chi connectivity index (χ3n) is 6.20. The summed E-state index contributed by atoms with van der Waals surface area (Å²) in [7, 11) is 0. The predicted octanol–water partition coefficient (Wildman–Crippen LogP) is 4.67. The second kappa shape index (κ2) is 7.86. The van der Waals surface area contributed by atoms with E-state index >= 15 is 0 Å². The molecule has 0 N–H and O–H groups in total. The van der Waals surface area contributed by atoms with E-state index in [1.807, 2.05) is 36.1 Å². The Hall–Kier alpha value is -2.49. The molecule has 0 aromatic heterocycles. The summed E-state index contributed by atoms with van der Waals surface area (Å²) < 4.78 is 6.64. The average molecular weight is 379 g/mol. The Morgan fingerprint density at radius 3 is 2.43 bits per heavy atom. The Kier molecular flexibility index (Phi) is 5.29. The van der Waals surface area contributed by atoms with Gasteiger partial charge in [-0.15, -0.1) is 0 Å². The molecule has 1 spiro atoms. The second-order valence-corrected chi connectivity index (χ2v) is 8.10. The lowest BCUT2D eigenvalue weighted by Gasteiger charge is -2.41. The maximum atomic E-state index is 13.0. The van der Waals surface area contributed by atoms with Gasteiger partial charge in [0, 0.05) is 51.0 Å². The highest BCUT2D eigenvalue weighted by atomic mass is 16.5. The Labute approximate surface area is 168 Å². The SMILES string of the molecule is CCCN1CCC2(CCN(C(=O)c3ccccc3C)CC2)Oc2ccccc21. The molecule has 4 rings (SSSR count). The van der Waals surface area contributed by atoms with Crippen molar-refractivity contribution in [1.29, 1.82) is 0 Å². The van der Waals surface area contributed by atoms with Gasteiger partial charge in [0.25, 0.3) is 5.91 Å². The van der Waals surface area contributed by atoms with Crippen LogP contribution >= 0.6 is 0 Å². The van der Waals surface area contributed by atoms with E-state index in [9.17, 15) is 4.79 Å². The third-order valence-corrected chi connectivity index (χ3v) is 6.20. The van der Waals surface area contributed by atoms with Crippen molar-refractivity contribution in [3.8, 4) is 5.75 Å². The molecule has 0 radical (unpaired) electrons. The third kappa shape index (κ3) is 3.60. The van der Waals surface area contributed by atoms with Gasteiger partial charge in [-0.1, -0.05) is 37.3 Å². The highest BCUT2D eigenvalue weighted by molar-refractivity contribution is 5.95. The number of ether oxygens (including phenoxy) is 1. The van der Waals surface area contributed by atoms with Gasteiger partial charge < -0.3 is 14.5 Å². The first kappa shape index (κ1) is 18.9. The highest BCUT2D eigenvalue weighted by Crippen LogP contribution is 2.40. The molecule has 0 unspecified atom stereocenters. The molecule has 1 amide bonds. The number of amides is 1. The molecular weight excluding hydrogens is 348 g/mol. The minimum atomic E-state index is -0.166. The number of aryl methyl sites for hydroxylation is 1. The number of para-hydroxylation sites is 2. The summed E-state index contributed by atoms with van der Waals surface area (Å²) in [6, 6.07) is 16.3. The molecule has 1 fully saturated rings. The Morgan fingerprint density at radius 2 is 1.68 bits per heavy atom. The molecule has 0 atom stereocenters. The number of likely N-dealkylation sites (tertiary alicyclic amines) is 1. The van der Waals surface area contributed by atoms with E-state index in [2.05, 4.69) is 36.1 Å². The van der Waals surface area contributed by atoms with E-state index in [1.54, 1.807) is 0 Å². The van der Waals surface area contributed by atoms with E-state index in [-0.39, 0.29) is 11.5 Å². The first-order chi connectivity index (χ1) is 13.6. The normalized spacial score (nSPS) is 18.4. The molecule has 2 heterocycles. The zero-order valence-corrected chi connectivity index (χ0v) is 17.0. The van der Waals surface area contributed by atoms with Crippen molar-refractivity contribution in [1.82, 2.24) is 4.90 Å². The van der Waals surface area contributed by atoms with Crippen LogP contribution in [0.1, 0.15) is 48.5 Å². The predicted molar refractivity (Wildman–Crippen MR) is 113 cm³/mol. The van der Waals surface area contributed by atoms with Crippen LogP contribution in [0.2, 0.25) is 0 Å². The summed E-state index contributed by atoms with van der Waals surface area (Å²) >= 11 is 0. The Balaban J connectivity index is 1.50. The number of nitrogens with zero attached hydrogens (tertiary/aromatic N) is 2. The van der Waals surface area contributed by atoms with Crippen LogP contribution in [-0.2, 0) is 0 Å². The van der Waals surface area contributed by atoms with Gasteiger partial charge in [-0.2, -0.15) is 0 Å². The zero-order chi connectivity index (χ0) is 19.6. The fourth-order valence-corrected chi connectivity index (χ4v) is 4.50. The summed E-state index contributed by atoms with van der Waals surface area (Å²) in [6.45, 7) is 7.79. The van der Waals surface area contributed by atoms with Crippen molar-refractivity contribution in [3.05, 3.63) is 59.7 Å². The van der Waals surface area contributed by atoms with Crippen molar-refractivity contribution in [2.24, 2.45) is 0 Å². The molecule has 2 aromatic rings. The van der Waals surface area contributed by atoms with E-state index in [4.69, 9.17) is 4.74 Å². The van der Waals surface area contributed by atoms with Crippen molar-refractivity contribution >= 4 is 11.6 Å². The Morgan fingerprint density at radius 1 is 1.00 bits per heavy atom. The molecule has 0 bridgehead atoms. The van der Waals surface area contributed by atoms with Gasteiger partial charge in [-0.05, 0) is 37.1 Å². The molecule has 28 heavy (non-hydrogen) atoms. The van der Waals surface area contributed by atoms with Gasteiger partial charge in [0.1, 0.15) is 11.4 Å². The van der Waals surface area contributed by atoms with E-state index in [1.165, 1.54) is 5.69 Å². The fraction of sp³-hybridized carbons (Fsp3) is 0.458. The molecule has 2 aromatic carbocycles. The zero-order valence-electron chi connectivity index (χ0n) is 17.0. The lowest BCUT2D eigenvalue weighted by atomic mass is 9.87. The van der Waals surface area contributed by atoms with Crippen molar-refractivity contribution < 1.29 is 9.53 Å². The molecule has 4 nitrogen and oxygen atoms in total. The number of rotatable bonds is 3. The van der Waals surface area contributed by atoms with Gasteiger partial charge >= 0.3 is 0 Å². The summed E-state index contributed by atoms with van der Waals surface area (Å²) in [4.78, 5) is 17.4. The van der Waals surface area contributed by atoms with Gasteiger partial charge in [0.05, 0.1) is 5.69 Å². The van der Waals surface area contributed by atoms with Crippen LogP contribution in [-0.4, -0.2) is 42.6 Å². The number of benzene rings is 2. The van der Waals surface area contributed by atoms with Crippen molar-refractivity contribution in [2.75, 3.05) is 31.1 Å². The maximum Gasteiger partial charge on any atom is 0.254 e. The molecule has 0 aliphatic carbocycles. The fourth-order valence-electron chi connectivity index (χ4n) is 4.50. The van der Waals surface area contributed by atoms with Crippen LogP contribution in [0.4, 0.5) is 5.69 Å². The number of anilines is 1. The lowest BCUT2D eigenvalue weighted by molar-refractivity contribution is 0.00239. The topological polar surface area (TPSA) is 32.8 Å². The number of piperidine rings is 1. The number of carbonyl (C=O) groups is 1. The van der Waals surface area contributed by atoms with Crippen LogP contribution in [0.3, 0.4) is 0 Å². The molecule has 2 aliphatic rings. The standard InChI is InChI=1S/C24H30N2O2/c1-3-15-25-16-12-24(28-22-11-7-6-10-21(22)25)13-17-26(18-14-24)23(27)20-9-5-4-8-19(20)2/h4-11H,3,12-18H2,1-2H3. The lowest BCUT2D eigenvalue weighted by Crippen LogP contribution is -2.50. The highest BCUT2D eigenvalue weighted by Gasteiger charge is 2.40. The minimum Gasteiger partial charge on any atom is -0.485 e. The molecular formula is C24H30N2O2. The quantitative estimate of drug-likeness (QED) is 0.778. The summed E-state index contributed by atoms with van der Waals surface area (Å²) in [5.41, 5.74) is 2.91. The minimum absolute atomic E-state index is 0.148. The van der Waals surface area contributed by atoms with E-state index < -0.39 is 0 Å². The second-order valence-electron chi connectivity index (χ2n) is 8.10. The number of fused-ring (bicyclic) bond motifs is 1. The number of carbonyl (C=O) groups excluding carboxylic acids is 1. The van der Waals surface area contributed by atoms with Crippen LogP contribution < -0.4 is 9.64 Å². The van der Waals surface area contributed by atoms with Gasteiger partial charge in [0.2, 0.25) is 0 Å². The van der Waals surface area contributed by atoms with E-state index in [0.717, 1.165) is 68.7 Å². The van der Waals surface area contributed by atoms with Crippen LogP contribution in [0.5, 0.6) is 5.75 Å². The van der Waals surface area contributed by atoms with Gasteiger partial charge in [0.15, 0.2) is 0 Å². The molecule has 4 heteroatoms. The maximum absolute atomic E-state index is 13.0. The monoisotopic (exact) mass is 378 g/mol. The van der Waals surface area contributed by atoms with Crippen LogP contribution in [0, 0.1) is 6.92 Å². The Bertz CT molecular complexity index is 840. The van der Waals surface area contributed by atoms with Crippen LogP contribution in [0.15, 0.2) is 48.5 Å².